The van der Waals surface area contributed by atoms with Gasteiger partial charge in [-0.1, -0.05) is 18.2 Å². The normalized spacial score (nSPS) is 17.3. The minimum atomic E-state index is -0.775. The molecule has 35 heavy (non-hydrogen) atoms. The molecule has 0 radical (unpaired) electrons. The largest absolute Gasteiger partial charge is 0.507 e. The predicted octanol–water partition coefficient (Wildman–Crippen LogP) is 5.16. The van der Waals surface area contributed by atoms with Crippen LogP contribution in [-0.4, -0.2) is 52.0 Å². The Kier molecular flexibility index (Phi) is 6.40. The first-order chi connectivity index (χ1) is 16.4. The number of allylic oxidation sites excluding steroid dienone is 1. The van der Waals surface area contributed by atoms with Gasteiger partial charge in [0.05, 0.1) is 17.5 Å². The second kappa shape index (κ2) is 9.17. The summed E-state index contributed by atoms with van der Waals surface area (Å²) in [5, 5.41) is 10.5. The number of benzene rings is 2. The van der Waals surface area contributed by atoms with E-state index in [1.807, 2.05) is 0 Å². The molecule has 4 rings (SSSR count). The van der Waals surface area contributed by atoms with Gasteiger partial charge < -0.3 is 19.5 Å². The van der Waals surface area contributed by atoms with Crippen molar-refractivity contribution in [2.24, 2.45) is 0 Å². The van der Waals surface area contributed by atoms with Crippen molar-refractivity contribution in [3.63, 3.8) is 0 Å². The van der Waals surface area contributed by atoms with Crippen molar-refractivity contribution in [2.45, 2.75) is 51.2 Å². The Labute approximate surface area is 203 Å². The molecule has 1 spiro atoms. The fourth-order valence-corrected chi connectivity index (χ4v) is 4.26. The zero-order chi connectivity index (χ0) is 25.4. The number of nitrogens with zero attached hydrogens (tertiary/aromatic N) is 1. The Morgan fingerprint density at radius 1 is 1.14 bits per heavy atom. The molecule has 2 aliphatic rings. The SMILES string of the molecule is CC(C)(C)OC(=O)N1CCC2(CC1)CC(=O)c1cc(C(=O)/C=C/c3ccc(F)cc3)c(O)cc1O2. The maximum Gasteiger partial charge on any atom is 0.410 e. The summed E-state index contributed by atoms with van der Waals surface area (Å²) >= 11 is 0. The molecule has 0 saturated carbocycles. The van der Waals surface area contributed by atoms with Gasteiger partial charge in [-0.25, -0.2) is 9.18 Å². The van der Waals surface area contributed by atoms with Crippen molar-refractivity contribution in [1.29, 1.82) is 0 Å². The van der Waals surface area contributed by atoms with Crippen LogP contribution in [0.5, 0.6) is 11.5 Å². The van der Waals surface area contributed by atoms with E-state index in [0.717, 1.165) is 0 Å². The number of hydrogen-bond acceptors (Lipinski definition) is 6. The first-order valence-corrected chi connectivity index (χ1v) is 11.5. The summed E-state index contributed by atoms with van der Waals surface area (Å²) < 4.78 is 24.7. The van der Waals surface area contributed by atoms with E-state index >= 15 is 0 Å². The van der Waals surface area contributed by atoms with E-state index in [-0.39, 0.29) is 40.6 Å². The molecule has 1 fully saturated rings. The van der Waals surface area contributed by atoms with Gasteiger partial charge in [-0.05, 0) is 50.6 Å². The third-order valence-electron chi connectivity index (χ3n) is 6.10. The molecule has 1 N–H and O–H groups in total. The summed E-state index contributed by atoms with van der Waals surface area (Å²) in [6, 6.07) is 8.27. The van der Waals surface area contributed by atoms with Crippen LogP contribution in [0.4, 0.5) is 9.18 Å². The molecule has 0 bridgehead atoms. The fourth-order valence-electron chi connectivity index (χ4n) is 4.26. The van der Waals surface area contributed by atoms with Crippen LogP contribution < -0.4 is 4.74 Å². The van der Waals surface area contributed by atoms with Crippen molar-refractivity contribution in [3.8, 4) is 11.5 Å². The second-order valence-corrected chi connectivity index (χ2v) is 9.97. The number of fused-ring (bicyclic) bond motifs is 1. The number of amides is 1. The third-order valence-corrected chi connectivity index (χ3v) is 6.10. The predicted molar refractivity (Wildman–Crippen MR) is 127 cm³/mol. The maximum absolute atomic E-state index is 13.1. The van der Waals surface area contributed by atoms with Crippen LogP contribution in [0.1, 0.15) is 66.3 Å². The quantitative estimate of drug-likeness (QED) is 0.481. The van der Waals surface area contributed by atoms with Gasteiger partial charge in [-0.15, -0.1) is 0 Å². The summed E-state index contributed by atoms with van der Waals surface area (Å²) in [6.45, 7) is 6.18. The fraction of sp³-hybridized carbons (Fsp3) is 0.370. The standard InChI is InChI=1S/C27H28FNO6/c1-26(2,3)35-25(33)29-12-10-27(11-13-29)16-23(32)20-14-19(22(31)15-24(20)34-27)21(30)9-6-17-4-7-18(28)8-5-17/h4-9,14-15,31H,10-13,16H2,1-3H3/b9-6+. The molecule has 1 saturated heterocycles. The maximum atomic E-state index is 13.1. The highest BCUT2D eigenvalue weighted by atomic mass is 19.1. The van der Waals surface area contributed by atoms with Gasteiger partial charge >= 0.3 is 6.09 Å². The number of rotatable bonds is 3. The van der Waals surface area contributed by atoms with E-state index < -0.39 is 23.1 Å². The van der Waals surface area contributed by atoms with Gasteiger partial charge in [-0.3, -0.25) is 9.59 Å². The Morgan fingerprint density at radius 3 is 2.43 bits per heavy atom. The molecule has 184 valence electrons. The molecular weight excluding hydrogens is 453 g/mol. The number of phenolic OH excluding ortho intramolecular Hbond substituents is 1. The van der Waals surface area contributed by atoms with Crippen LogP contribution in [0.2, 0.25) is 0 Å². The molecule has 0 unspecified atom stereocenters. The number of likely N-dealkylation sites (tertiary alicyclic amines) is 1. The molecule has 8 heteroatoms. The van der Waals surface area contributed by atoms with Gasteiger partial charge in [0.15, 0.2) is 11.6 Å². The van der Waals surface area contributed by atoms with E-state index in [1.165, 1.54) is 48.6 Å². The lowest BCUT2D eigenvalue weighted by atomic mass is 9.82. The van der Waals surface area contributed by atoms with Crippen molar-refractivity contribution in [1.82, 2.24) is 4.90 Å². The van der Waals surface area contributed by atoms with E-state index in [2.05, 4.69) is 0 Å². The second-order valence-electron chi connectivity index (χ2n) is 9.97. The van der Waals surface area contributed by atoms with Crippen LogP contribution in [-0.2, 0) is 4.74 Å². The topological polar surface area (TPSA) is 93.1 Å². The first kappa shape index (κ1) is 24.4. The minimum Gasteiger partial charge on any atom is -0.507 e. The number of ketones is 2. The summed E-state index contributed by atoms with van der Waals surface area (Å²) in [7, 11) is 0. The lowest BCUT2D eigenvalue weighted by Gasteiger charge is -2.44. The molecular formula is C27H28FNO6. The number of carbonyl (C=O) groups is 3. The highest BCUT2D eigenvalue weighted by Gasteiger charge is 2.44. The average Bonchev–Trinajstić information content (AvgIpc) is 2.77. The van der Waals surface area contributed by atoms with Gasteiger partial charge in [0.2, 0.25) is 0 Å². The molecule has 7 nitrogen and oxygen atoms in total. The monoisotopic (exact) mass is 481 g/mol. The van der Waals surface area contributed by atoms with Crippen molar-refractivity contribution in [3.05, 3.63) is 65.0 Å². The van der Waals surface area contributed by atoms with Crippen LogP contribution in [0.3, 0.4) is 0 Å². The zero-order valence-corrected chi connectivity index (χ0v) is 20.0. The Bertz CT molecular complexity index is 1190. The smallest absolute Gasteiger partial charge is 0.410 e. The number of phenols is 1. The Morgan fingerprint density at radius 2 is 1.80 bits per heavy atom. The molecule has 2 aromatic rings. The number of piperidine rings is 1. The van der Waals surface area contributed by atoms with E-state index in [9.17, 15) is 23.9 Å². The molecule has 2 heterocycles. The Balaban J connectivity index is 1.48. The van der Waals surface area contributed by atoms with Crippen molar-refractivity contribution < 1.29 is 33.4 Å². The number of hydrogen-bond donors (Lipinski definition) is 1. The lowest BCUT2D eigenvalue weighted by Crippen LogP contribution is -2.53. The highest BCUT2D eigenvalue weighted by Crippen LogP contribution is 2.42. The molecule has 0 aliphatic carbocycles. The number of aromatic hydroxyl groups is 1. The number of halogens is 1. The van der Waals surface area contributed by atoms with E-state index in [4.69, 9.17) is 9.47 Å². The van der Waals surface area contributed by atoms with Gasteiger partial charge in [0.1, 0.15) is 28.5 Å². The number of carbonyl (C=O) groups excluding carboxylic acids is 3. The van der Waals surface area contributed by atoms with Crippen LogP contribution in [0.15, 0.2) is 42.5 Å². The summed E-state index contributed by atoms with van der Waals surface area (Å²) in [6.07, 6.45) is 3.37. The van der Waals surface area contributed by atoms with Crippen LogP contribution in [0, 0.1) is 5.82 Å². The molecule has 1 amide bonds. The third kappa shape index (κ3) is 5.53. The zero-order valence-electron chi connectivity index (χ0n) is 20.0. The van der Waals surface area contributed by atoms with E-state index in [0.29, 0.717) is 31.5 Å². The van der Waals surface area contributed by atoms with Crippen molar-refractivity contribution in [2.75, 3.05) is 13.1 Å². The first-order valence-electron chi connectivity index (χ1n) is 11.5. The Hall–Kier alpha value is -3.68. The van der Waals surface area contributed by atoms with E-state index in [1.54, 1.807) is 25.7 Å². The molecule has 2 aliphatic heterocycles. The number of Topliss-reactive ketones (excluding diaryl/α,β-unsaturated/α-hetero) is 1. The van der Waals surface area contributed by atoms with Crippen LogP contribution in [0.25, 0.3) is 6.08 Å². The lowest BCUT2D eigenvalue weighted by molar-refractivity contribution is -0.0226. The number of ether oxygens (including phenoxy) is 2. The van der Waals surface area contributed by atoms with Crippen LogP contribution >= 0.6 is 0 Å². The highest BCUT2D eigenvalue weighted by molar-refractivity contribution is 6.11. The summed E-state index contributed by atoms with van der Waals surface area (Å²) in [4.78, 5) is 39.7. The average molecular weight is 482 g/mol. The molecule has 2 aromatic carbocycles. The molecule has 0 atom stereocenters. The summed E-state index contributed by atoms with van der Waals surface area (Å²) in [5.41, 5.74) is -0.528. The molecule has 0 aromatic heterocycles. The van der Waals surface area contributed by atoms with Gasteiger partial charge in [0, 0.05) is 32.0 Å². The van der Waals surface area contributed by atoms with Gasteiger partial charge in [0.25, 0.3) is 0 Å². The van der Waals surface area contributed by atoms with Crippen molar-refractivity contribution >= 4 is 23.7 Å². The minimum absolute atomic E-state index is 0.0187. The summed E-state index contributed by atoms with van der Waals surface area (Å²) in [5.74, 6) is -1.13. The van der Waals surface area contributed by atoms with Gasteiger partial charge in [-0.2, -0.15) is 0 Å².